The van der Waals surface area contributed by atoms with Crippen molar-refractivity contribution in [2.45, 2.75) is 29.5 Å². The quantitative estimate of drug-likeness (QED) is 0.603. The summed E-state index contributed by atoms with van der Waals surface area (Å²) in [6.07, 6.45) is 0. The van der Waals surface area contributed by atoms with Crippen LogP contribution in [0.2, 0.25) is 5.02 Å². The summed E-state index contributed by atoms with van der Waals surface area (Å²) in [5.41, 5.74) is 2.25. The zero-order valence-electron chi connectivity index (χ0n) is 16.4. The number of carbonyl (C=O) groups is 2. The summed E-state index contributed by atoms with van der Waals surface area (Å²) in [4.78, 5) is 24.7. The topological polar surface area (TPSA) is 104 Å². The average molecular weight is 468 g/mol. The third-order valence-electron chi connectivity index (χ3n) is 4.59. The molecule has 1 fully saturated rings. The van der Waals surface area contributed by atoms with Crippen LogP contribution in [-0.2, 0) is 19.4 Å². The number of carbonyl (C=O) groups excluding carboxylic acids is 2. The maximum atomic E-state index is 12.8. The molecule has 1 saturated heterocycles. The van der Waals surface area contributed by atoms with Crippen molar-refractivity contribution in [1.29, 1.82) is 0 Å². The first-order chi connectivity index (χ1) is 14.2. The van der Waals surface area contributed by atoms with Gasteiger partial charge in [0.2, 0.25) is 11.8 Å². The molecule has 2 aromatic rings. The molecule has 2 aromatic carbocycles. The largest absolute Gasteiger partial charge is 0.331 e. The Labute approximate surface area is 184 Å². The molecule has 160 valence electrons. The van der Waals surface area contributed by atoms with Gasteiger partial charge in [-0.05, 0) is 43.7 Å². The van der Waals surface area contributed by atoms with Crippen LogP contribution < -0.4 is 16.0 Å². The standard InChI is InChI=1S/C20H22ClN3O4S2/c1-12-6-7-16(13(2)8-12)23-18(25)11-29-20-22-10-17(19(26)24-20)30(27,28)15-5-3-4-14(21)9-15/h3-9,17,20,22H,10-11H2,1-2H3,(H,23,25)(H,24,26). The Bertz CT molecular complexity index is 1080. The van der Waals surface area contributed by atoms with Crippen molar-refractivity contribution in [3.63, 3.8) is 0 Å². The fraction of sp³-hybridized carbons (Fsp3) is 0.300. The average Bonchev–Trinajstić information content (AvgIpc) is 2.68. The van der Waals surface area contributed by atoms with Crippen LogP contribution in [0.3, 0.4) is 0 Å². The van der Waals surface area contributed by atoms with Crippen molar-refractivity contribution in [1.82, 2.24) is 10.6 Å². The fourth-order valence-electron chi connectivity index (χ4n) is 3.04. The highest BCUT2D eigenvalue weighted by atomic mass is 35.5. The van der Waals surface area contributed by atoms with Gasteiger partial charge in [-0.1, -0.05) is 35.4 Å². The van der Waals surface area contributed by atoms with Gasteiger partial charge in [-0.25, -0.2) is 8.42 Å². The van der Waals surface area contributed by atoms with Gasteiger partial charge in [0.25, 0.3) is 0 Å². The molecule has 0 saturated carbocycles. The maximum absolute atomic E-state index is 12.8. The second kappa shape index (κ2) is 9.38. The van der Waals surface area contributed by atoms with E-state index in [0.717, 1.165) is 16.8 Å². The first-order valence-electron chi connectivity index (χ1n) is 9.19. The molecule has 0 aliphatic carbocycles. The van der Waals surface area contributed by atoms with Gasteiger partial charge in [-0.15, -0.1) is 11.8 Å². The number of sulfone groups is 1. The van der Waals surface area contributed by atoms with Crippen molar-refractivity contribution in [2.75, 3.05) is 17.6 Å². The van der Waals surface area contributed by atoms with Gasteiger partial charge < -0.3 is 10.6 Å². The van der Waals surface area contributed by atoms with E-state index in [9.17, 15) is 18.0 Å². The minimum absolute atomic E-state index is 0.00380. The van der Waals surface area contributed by atoms with Crippen LogP contribution in [0.15, 0.2) is 47.4 Å². The monoisotopic (exact) mass is 467 g/mol. The van der Waals surface area contributed by atoms with Crippen LogP contribution in [0.25, 0.3) is 0 Å². The number of aryl methyl sites for hydroxylation is 2. The lowest BCUT2D eigenvalue weighted by Crippen LogP contribution is -2.59. The third kappa shape index (κ3) is 5.34. The van der Waals surface area contributed by atoms with E-state index in [2.05, 4.69) is 16.0 Å². The number of amides is 2. The van der Waals surface area contributed by atoms with Crippen LogP contribution in [0, 0.1) is 13.8 Å². The lowest BCUT2D eigenvalue weighted by Gasteiger charge is -2.29. The number of nitrogens with one attached hydrogen (secondary N) is 3. The van der Waals surface area contributed by atoms with Gasteiger partial charge in [0.05, 0.1) is 10.6 Å². The molecule has 3 rings (SSSR count). The molecule has 3 N–H and O–H groups in total. The van der Waals surface area contributed by atoms with Crippen LogP contribution in [-0.4, -0.2) is 43.3 Å². The lowest BCUT2D eigenvalue weighted by molar-refractivity contribution is -0.122. The minimum Gasteiger partial charge on any atom is -0.331 e. The Morgan fingerprint density at radius 3 is 2.67 bits per heavy atom. The molecule has 2 atom stereocenters. The summed E-state index contributed by atoms with van der Waals surface area (Å²) in [6.45, 7) is 3.84. The lowest BCUT2D eigenvalue weighted by atomic mass is 10.1. The number of benzene rings is 2. The van der Waals surface area contributed by atoms with Gasteiger partial charge in [0.1, 0.15) is 5.50 Å². The summed E-state index contributed by atoms with van der Waals surface area (Å²) in [6, 6.07) is 11.6. The van der Waals surface area contributed by atoms with Crippen molar-refractivity contribution < 1.29 is 18.0 Å². The molecule has 0 aromatic heterocycles. The molecule has 2 amide bonds. The third-order valence-corrected chi connectivity index (χ3v) is 7.91. The zero-order valence-corrected chi connectivity index (χ0v) is 18.8. The van der Waals surface area contributed by atoms with Crippen LogP contribution in [0.5, 0.6) is 0 Å². The van der Waals surface area contributed by atoms with E-state index in [1.54, 1.807) is 6.07 Å². The van der Waals surface area contributed by atoms with Crippen LogP contribution >= 0.6 is 23.4 Å². The minimum atomic E-state index is -3.88. The molecule has 0 spiro atoms. The predicted molar refractivity (Wildman–Crippen MR) is 119 cm³/mol. The summed E-state index contributed by atoms with van der Waals surface area (Å²) in [5.74, 6) is -0.727. The molecular weight excluding hydrogens is 446 g/mol. The first-order valence-corrected chi connectivity index (χ1v) is 12.2. The fourth-order valence-corrected chi connectivity index (χ4v) is 5.65. The molecule has 7 nitrogen and oxygen atoms in total. The van der Waals surface area contributed by atoms with E-state index in [-0.39, 0.29) is 28.1 Å². The van der Waals surface area contributed by atoms with Crippen molar-refractivity contribution in [3.05, 3.63) is 58.6 Å². The van der Waals surface area contributed by atoms with Gasteiger partial charge in [-0.2, -0.15) is 0 Å². The van der Waals surface area contributed by atoms with E-state index in [4.69, 9.17) is 11.6 Å². The SMILES string of the molecule is Cc1ccc(NC(=O)CSC2NCC(S(=O)(=O)c3cccc(Cl)c3)C(=O)N2)c(C)c1. The Morgan fingerprint density at radius 2 is 2.00 bits per heavy atom. The maximum Gasteiger partial charge on any atom is 0.241 e. The molecule has 1 aliphatic rings. The van der Waals surface area contributed by atoms with E-state index in [1.165, 1.54) is 30.0 Å². The van der Waals surface area contributed by atoms with Crippen LogP contribution in [0.1, 0.15) is 11.1 Å². The smallest absolute Gasteiger partial charge is 0.241 e. The van der Waals surface area contributed by atoms with Gasteiger partial charge in [-0.3, -0.25) is 14.9 Å². The zero-order chi connectivity index (χ0) is 21.9. The summed E-state index contributed by atoms with van der Waals surface area (Å²) >= 11 is 7.05. The normalized spacial score (nSPS) is 19.2. The van der Waals surface area contributed by atoms with Gasteiger partial charge >= 0.3 is 0 Å². The molecule has 30 heavy (non-hydrogen) atoms. The first kappa shape index (κ1) is 22.6. The summed E-state index contributed by atoms with van der Waals surface area (Å²) in [7, 11) is -3.88. The van der Waals surface area contributed by atoms with E-state index < -0.39 is 26.5 Å². The van der Waals surface area contributed by atoms with E-state index >= 15 is 0 Å². The van der Waals surface area contributed by atoms with E-state index in [0.29, 0.717) is 0 Å². The highest BCUT2D eigenvalue weighted by Crippen LogP contribution is 2.22. The highest BCUT2D eigenvalue weighted by Gasteiger charge is 2.38. The summed E-state index contributed by atoms with van der Waals surface area (Å²) in [5, 5.41) is 7.44. The number of hydrogen-bond donors (Lipinski definition) is 3. The molecule has 1 heterocycles. The van der Waals surface area contributed by atoms with Crippen LogP contribution in [0.4, 0.5) is 5.69 Å². The number of halogens is 1. The second-order valence-electron chi connectivity index (χ2n) is 6.97. The molecule has 1 aliphatic heterocycles. The Morgan fingerprint density at radius 1 is 1.23 bits per heavy atom. The second-order valence-corrected chi connectivity index (χ2v) is 10.6. The predicted octanol–water partition coefficient (Wildman–Crippen LogP) is 2.47. The van der Waals surface area contributed by atoms with E-state index in [1.807, 2.05) is 32.0 Å². The molecular formula is C20H22ClN3O4S2. The molecule has 10 heteroatoms. The number of anilines is 1. The molecule has 0 bridgehead atoms. The summed E-state index contributed by atoms with van der Waals surface area (Å²) < 4.78 is 25.5. The van der Waals surface area contributed by atoms with Crippen molar-refractivity contribution >= 4 is 50.7 Å². The van der Waals surface area contributed by atoms with Crippen molar-refractivity contribution in [3.8, 4) is 0 Å². The number of rotatable bonds is 6. The Balaban J connectivity index is 1.55. The van der Waals surface area contributed by atoms with Crippen molar-refractivity contribution in [2.24, 2.45) is 0 Å². The number of hydrogen-bond acceptors (Lipinski definition) is 6. The molecule has 2 unspecified atom stereocenters. The Kier molecular flexibility index (Phi) is 7.07. The van der Waals surface area contributed by atoms with Gasteiger partial charge in [0, 0.05) is 17.3 Å². The Hall–Kier alpha value is -2.07. The van der Waals surface area contributed by atoms with Gasteiger partial charge in [0.15, 0.2) is 15.1 Å². The highest BCUT2D eigenvalue weighted by molar-refractivity contribution is 8.00. The molecule has 0 radical (unpaired) electrons. The number of thioether (sulfide) groups is 1.